The smallest absolute Gasteiger partial charge is 0.308 e. The van der Waals surface area contributed by atoms with Gasteiger partial charge in [0.25, 0.3) is 0 Å². The molecule has 0 unspecified atom stereocenters. The van der Waals surface area contributed by atoms with Gasteiger partial charge in [0.15, 0.2) is 11.6 Å². The van der Waals surface area contributed by atoms with Crippen LogP contribution < -0.4 is 5.73 Å². The Bertz CT molecular complexity index is 698. The van der Waals surface area contributed by atoms with Crippen molar-refractivity contribution in [2.24, 2.45) is 5.92 Å². The fourth-order valence-corrected chi connectivity index (χ4v) is 2.01. The zero-order valence-corrected chi connectivity index (χ0v) is 11.4. The standard InChI is InChI=1S/C13H13F2N3O3/c1-6(2)3-9-12(21-17-13(9)16)8-4-7(14)5-10(11(8)15)18(19)20/h4-6H,3H2,1-2H3,(H2,16,17). The third kappa shape index (κ3) is 2.83. The Labute approximate surface area is 118 Å². The molecule has 0 aliphatic heterocycles. The van der Waals surface area contributed by atoms with Crippen LogP contribution in [0.3, 0.4) is 0 Å². The number of nitrogens with zero attached hydrogens (tertiary/aromatic N) is 2. The average Bonchev–Trinajstić information content (AvgIpc) is 2.73. The Morgan fingerprint density at radius 3 is 2.67 bits per heavy atom. The summed E-state index contributed by atoms with van der Waals surface area (Å²) in [5.74, 6) is -1.98. The van der Waals surface area contributed by atoms with Crippen molar-refractivity contribution >= 4 is 11.5 Å². The van der Waals surface area contributed by atoms with E-state index in [1.807, 2.05) is 13.8 Å². The number of nitrogen functional groups attached to an aromatic ring is 1. The molecule has 0 saturated carbocycles. The second kappa shape index (κ2) is 5.47. The number of benzene rings is 1. The van der Waals surface area contributed by atoms with E-state index in [9.17, 15) is 18.9 Å². The molecule has 8 heteroatoms. The first-order valence-electron chi connectivity index (χ1n) is 6.19. The monoisotopic (exact) mass is 297 g/mol. The number of rotatable bonds is 4. The van der Waals surface area contributed by atoms with Gasteiger partial charge < -0.3 is 10.3 Å². The maximum atomic E-state index is 14.2. The number of aromatic nitrogens is 1. The van der Waals surface area contributed by atoms with Crippen LogP contribution >= 0.6 is 0 Å². The second-order valence-electron chi connectivity index (χ2n) is 5.02. The zero-order valence-electron chi connectivity index (χ0n) is 11.4. The minimum absolute atomic E-state index is 0.0602. The van der Waals surface area contributed by atoms with Crippen molar-refractivity contribution in [1.82, 2.24) is 5.16 Å². The largest absolute Gasteiger partial charge is 0.381 e. The lowest BCUT2D eigenvalue weighted by atomic mass is 9.99. The summed E-state index contributed by atoms with van der Waals surface area (Å²) in [6, 6.07) is 1.34. The van der Waals surface area contributed by atoms with E-state index in [4.69, 9.17) is 10.3 Å². The van der Waals surface area contributed by atoms with Crippen LogP contribution in [0.25, 0.3) is 11.3 Å². The van der Waals surface area contributed by atoms with Gasteiger partial charge in [-0.2, -0.15) is 4.39 Å². The molecule has 2 N–H and O–H groups in total. The summed E-state index contributed by atoms with van der Waals surface area (Å²) in [7, 11) is 0. The molecule has 0 spiro atoms. The van der Waals surface area contributed by atoms with Crippen LogP contribution in [-0.4, -0.2) is 10.1 Å². The van der Waals surface area contributed by atoms with Gasteiger partial charge in [0.05, 0.1) is 16.6 Å². The van der Waals surface area contributed by atoms with Gasteiger partial charge in [-0.15, -0.1) is 0 Å². The number of anilines is 1. The Morgan fingerprint density at radius 2 is 2.10 bits per heavy atom. The quantitative estimate of drug-likeness (QED) is 0.690. The molecule has 6 nitrogen and oxygen atoms in total. The molecule has 0 fully saturated rings. The number of nitrogens with two attached hydrogens (primary N) is 1. The predicted molar refractivity (Wildman–Crippen MR) is 71.5 cm³/mol. The highest BCUT2D eigenvalue weighted by Crippen LogP contribution is 2.35. The van der Waals surface area contributed by atoms with E-state index in [1.165, 1.54) is 0 Å². The van der Waals surface area contributed by atoms with Gasteiger partial charge >= 0.3 is 5.69 Å². The van der Waals surface area contributed by atoms with Crippen LogP contribution in [0.4, 0.5) is 20.3 Å². The molecule has 0 bridgehead atoms. The summed E-state index contributed by atoms with van der Waals surface area (Å²) in [4.78, 5) is 9.76. The number of halogens is 2. The summed E-state index contributed by atoms with van der Waals surface area (Å²) in [6.07, 6.45) is 0.425. The van der Waals surface area contributed by atoms with Crippen molar-refractivity contribution in [2.75, 3.05) is 5.73 Å². The number of nitro benzene ring substituents is 1. The Balaban J connectivity index is 2.65. The van der Waals surface area contributed by atoms with E-state index in [0.717, 1.165) is 6.07 Å². The molecule has 0 aliphatic rings. The lowest BCUT2D eigenvalue weighted by Crippen LogP contribution is -2.01. The molecule has 2 rings (SSSR count). The summed E-state index contributed by atoms with van der Waals surface area (Å²) in [6.45, 7) is 3.81. The fraction of sp³-hybridized carbons (Fsp3) is 0.308. The van der Waals surface area contributed by atoms with E-state index in [-0.39, 0.29) is 23.1 Å². The molecule has 112 valence electrons. The predicted octanol–water partition coefficient (Wildman–Crippen LogP) is 3.31. The molecule has 1 heterocycles. The highest BCUT2D eigenvalue weighted by Gasteiger charge is 2.26. The van der Waals surface area contributed by atoms with E-state index in [0.29, 0.717) is 18.1 Å². The van der Waals surface area contributed by atoms with Crippen molar-refractivity contribution < 1.29 is 18.2 Å². The van der Waals surface area contributed by atoms with E-state index >= 15 is 0 Å². The summed E-state index contributed by atoms with van der Waals surface area (Å²) >= 11 is 0. The van der Waals surface area contributed by atoms with Gasteiger partial charge in [-0.05, 0) is 18.4 Å². The van der Waals surface area contributed by atoms with Crippen molar-refractivity contribution in [3.05, 3.63) is 39.4 Å². The summed E-state index contributed by atoms with van der Waals surface area (Å²) in [5, 5.41) is 14.3. The van der Waals surface area contributed by atoms with Gasteiger partial charge in [-0.25, -0.2) is 4.39 Å². The highest BCUT2D eigenvalue weighted by molar-refractivity contribution is 5.69. The van der Waals surface area contributed by atoms with Gasteiger partial charge in [-0.1, -0.05) is 19.0 Å². The molecule has 0 atom stereocenters. The van der Waals surface area contributed by atoms with E-state index in [2.05, 4.69) is 5.16 Å². The maximum Gasteiger partial charge on any atom is 0.308 e. The molecule has 0 amide bonds. The molecular formula is C13H13F2N3O3. The Kier molecular flexibility index (Phi) is 3.88. The average molecular weight is 297 g/mol. The van der Waals surface area contributed by atoms with Crippen LogP contribution in [0.15, 0.2) is 16.7 Å². The Morgan fingerprint density at radius 1 is 1.43 bits per heavy atom. The minimum Gasteiger partial charge on any atom is -0.381 e. The zero-order chi connectivity index (χ0) is 15.7. The van der Waals surface area contributed by atoms with Gasteiger partial charge in [0, 0.05) is 5.56 Å². The van der Waals surface area contributed by atoms with Crippen molar-refractivity contribution in [2.45, 2.75) is 20.3 Å². The van der Waals surface area contributed by atoms with Crippen LogP contribution in [0.2, 0.25) is 0 Å². The highest BCUT2D eigenvalue weighted by atomic mass is 19.1. The number of nitro groups is 1. The molecule has 0 aliphatic carbocycles. The SMILES string of the molecule is CC(C)Cc1c(N)noc1-c1cc(F)cc([N+](=O)[O-])c1F. The van der Waals surface area contributed by atoms with Crippen LogP contribution in [-0.2, 0) is 6.42 Å². The number of hydrogen-bond donors (Lipinski definition) is 1. The molecule has 21 heavy (non-hydrogen) atoms. The molecule has 0 saturated heterocycles. The summed E-state index contributed by atoms with van der Waals surface area (Å²) in [5.41, 5.74) is 4.74. The molecular weight excluding hydrogens is 284 g/mol. The molecule has 1 aromatic heterocycles. The summed E-state index contributed by atoms with van der Waals surface area (Å²) < 4.78 is 32.6. The first-order valence-corrected chi connectivity index (χ1v) is 6.19. The van der Waals surface area contributed by atoms with E-state index < -0.39 is 22.2 Å². The second-order valence-corrected chi connectivity index (χ2v) is 5.02. The van der Waals surface area contributed by atoms with E-state index in [1.54, 1.807) is 0 Å². The normalized spacial score (nSPS) is 11.1. The molecule has 0 radical (unpaired) electrons. The van der Waals surface area contributed by atoms with Crippen molar-refractivity contribution in [3.63, 3.8) is 0 Å². The molecule has 1 aromatic carbocycles. The first kappa shape index (κ1) is 14.9. The van der Waals surface area contributed by atoms with Gasteiger partial charge in [0.1, 0.15) is 5.82 Å². The third-order valence-electron chi connectivity index (χ3n) is 2.89. The van der Waals surface area contributed by atoms with Crippen LogP contribution in [0.1, 0.15) is 19.4 Å². The fourth-order valence-electron chi connectivity index (χ4n) is 2.01. The van der Waals surface area contributed by atoms with Crippen LogP contribution in [0.5, 0.6) is 0 Å². The van der Waals surface area contributed by atoms with Gasteiger partial charge in [-0.3, -0.25) is 10.1 Å². The Hall–Kier alpha value is -2.51. The van der Waals surface area contributed by atoms with Crippen LogP contribution in [0, 0.1) is 27.7 Å². The topological polar surface area (TPSA) is 95.2 Å². The molecule has 2 aromatic rings. The van der Waals surface area contributed by atoms with Gasteiger partial charge in [0.2, 0.25) is 5.82 Å². The minimum atomic E-state index is -1.18. The maximum absolute atomic E-state index is 14.2. The lowest BCUT2D eigenvalue weighted by Gasteiger charge is -2.06. The first-order chi connectivity index (χ1) is 9.81. The lowest BCUT2D eigenvalue weighted by molar-refractivity contribution is -0.387. The number of hydrogen-bond acceptors (Lipinski definition) is 5. The van der Waals surface area contributed by atoms with Crippen molar-refractivity contribution in [3.8, 4) is 11.3 Å². The third-order valence-corrected chi connectivity index (χ3v) is 2.89. The van der Waals surface area contributed by atoms with Crippen molar-refractivity contribution in [1.29, 1.82) is 0 Å².